The molecule has 6 heteroatoms. The Kier molecular flexibility index (Phi) is 4.28. The van der Waals surface area contributed by atoms with E-state index in [1.54, 1.807) is 13.0 Å². The summed E-state index contributed by atoms with van der Waals surface area (Å²) in [5.41, 5.74) is 0.757. The van der Waals surface area contributed by atoms with Crippen LogP contribution in [-0.4, -0.2) is 28.4 Å². The molecule has 0 bridgehead atoms. The minimum absolute atomic E-state index is 0.0398. The molecule has 0 unspecified atom stereocenters. The van der Waals surface area contributed by atoms with Crippen molar-refractivity contribution >= 4 is 35.2 Å². The number of benzene rings is 1. The van der Waals surface area contributed by atoms with Gasteiger partial charge in [-0.1, -0.05) is 18.2 Å². The van der Waals surface area contributed by atoms with Crippen LogP contribution >= 0.6 is 12.2 Å². The number of hydrogen-bond donors (Lipinski definition) is 1. The van der Waals surface area contributed by atoms with E-state index in [0.717, 1.165) is 0 Å². The summed E-state index contributed by atoms with van der Waals surface area (Å²) in [5, 5.41) is 2.48. The predicted molar refractivity (Wildman–Crippen MR) is 81.8 cm³/mol. The lowest BCUT2D eigenvalue weighted by Gasteiger charge is -2.27. The Morgan fingerprint density at radius 2 is 2.14 bits per heavy atom. The monoisotopic (exact) mass is 304 g/mol. The van der Waals surface area contributed by atoms with Gasteiger partial charge in [-0.2, -0.15) is 0 Å². The van der Waals surface area contributed by atoms with E-state index in [2.05, 4.69) is 11.9 Å². The first-order valence-corrected chi connectivity index (χ1v) is 6.61. The zero-order valence-corrected chi connectivity index (χ0v) is 12.2. The second kappa shape index (κ2) is 5.97. The summed E-state index contributed by atoms with van der Waals surface area (Å²) in [6, 6.07) is 4.47. The molecule has 2 rings (SSSR count). The number of amides is 2. The zero-order chi connectivity index (χ0) is 15.6. The summed E-state index contributed by atoms with van der Waals surface area (Å²) in [5.74, 6) is -1.51. The molecule has 108 valence electrons. The highest BCUT2D eigenvalue weighted by atomic mass is 32.1. The molecular weight excluding hydrogens is 291 g/mol. The fourth-order valence-corrected chi connectivity index (χ4v) is 2.18. The van der Waals surface area contributed by atoms with E-state index in [4.69, 9.17) is 12.2 Å². The highest BCUT2D eigenvalue weighted by Crippen LogP contribution is 2.18. The van der Waals surface area contributed by atoms with Crippen LogP contribution < -0.4 is 5.32 Å². The first-order valence-electron chi connectivity index (χ1n) is 6.20. The Hall–Kier alpha value is -2.34. The van der Waals surface area contributed by atoms with Gasteiger partial charge in [-0.3, -0.25) is 19.8 Å². The van der Waals surface area contributed by atoms with E-state index in [0.29, 0.717) is 11.1 Å². The van der Waals surface area contributed by atoms with Crippen LogP contribution in [0.25, 0.3) is 6.08 Å². The molecular formula is C15H13FN2O2S. The number of carbonyl (C=O) groups is 2. The largest absolute Gasteiger partial charge is 0.298 e. The van der Waals surface area contributed by atoms with Crippen LogP contribution in [-0.2, 0) is 9.59 Å². The molecule has 1 aliphatic heterocycles. The molecule has 1 aromatic carbocycles. The molecule has 21 heavy (non-hydrogen) atoms. The fraction of sp³-hybridized carbons (Fsp3) is 0.133. The van der Waals surface area contributed by atoms with Crippen molar-refractivity contribution in [1.29, 1.82) is 0 Å². The molecule has 1 N–H and O–H groups in total. The maximum Gasteiger partial charge on any atom is 0.265 e. The summed E-state index contributed by atoms with van der Waals surface area (Å²) >= 11 is 4.95. The number of thiocarbonyl (C=S) groups is 1. The third kappa shape index (κ3) is 2.90. The van der Waals surface area contributed by atoms with Crippen molar-refractivity contribution < 1.29 is 14.0 Å². The molecule has 1 aliphatic rings. The number of rotatable bonds is 3. The van der Waals surface area contributed by atoms with Crippen molar-refractivity contribution in [2.24, 2.45) is 0 Å². The standard InChI is InChI=1S/C15H13FN2O2S/c1-3-7-18-14(20)11(13(19)17-15(18)21)8-10-5-4-6-12(16)9(10)2/h3-6,8H,1,7H2,2H3,(H,17,19,21)/b11-8+. The number of nitrogens with zero attached hydrogens (tertiary/aromatic N) is 1. The molecule has 4 nitrogen and oxygen atoms in total. The van der Waals surface area contributed by atoms with Crippen molar-refractivity contribution in [3.8, 4) is 0 Å². The highest BCUT2D eigenvalue weighted by Gasteiger charge is 2.32. The lowest BCUT2D eigenvalue weighted by Crippen LogP contribution is -2.53. The minimum Gasteiger partial charge on any atom is -0.298 e. The van der Waals surface area contributed by atoms with Crippen LogP contribution in [0.3, 0.4) is 0 Å². The molecule has 0 aliphatic carbocycles. The van der Waals surface area contributed by atoms with Gasteiger partial charge in [0.1, 0.15) is 11.4 Å². The number of hydrogen-bond acceptors (Lipinski definition) is 3. The molecule has 2 amide bonds. The third-order valence-electron chi connectivity index (χ3n) is 3.11. The van der Waals surface area contributed by atoms with Crippen LogP contribution in [0.1, 0.15) is 11.1 Å². The van der Waals surface area contributed by atoms with Gasteiger partial charge in [0.25, 0.3) is 11.8 Å². The van der Waals surface area contributed by atoms with Crippen LogP contribution in [0.2, 0.25) is 0 Å². The van der Waals surface area contributed by atoms with E-state index < -0.39 is 17.6 Å². The summed E-state index contributed by atoms with van der Waals surface area (Å²) in [6.45, 7) is 5.32. The molecule has 0 aromatic heterocycles. The van der Waals surface area contributed by atoms with E-state index >= 15 is 0 Å². The Morgan fingerprint density at radius 3 is 2.81 bits per heavy atom. The first kappa shape index (κ1) is 15.1. The summed E-state index contributed by atoms with van der Waals surface area (Å²) < 4.78 is 13.5. The van der Waals surface area contributed by atoms with Gasteiger partial charge in [-0.05, 0) is 42.4 Å². The molecule has 0 radical (unpaired) electrons. The Balaban J connectivity index is 2.45. The van der Waals surface area contributed by atoms with Gasteiger partial charge in [-0.15, -0.1) is 6.58 Å². The van der Waals surface area contributed by atoms with Crippen molar-refractivity contribution in [3.63, 3.8) is 0 Å². The van der Waals surface area contributed by atoms with Crippen molar-refractivity contribution in [2.45, 2.75) is 6.92 Å². The van der Waals surface area contributed by atoms with E-state index in [-0.39, 0.29) is 17.2 Å². The third-order valence-corrected chi connectivity index (χ3v) is 3.43. The van der Waals surface area contributed by atoms with Gasteiger partial charge in [0, 0.05) is 6.54 Å². The Morgan fingerprint density at radius 1 is 1.43 bits per heavy atom. The van der Waals surface area contributed by atoms with Gasteiger partial charge < -0.3 is 0 Å². The topological polar surface area (TPSA) is 49.4 Å². The SMILES string of the molecule is C=CCN1C(=O)/C(=C/c2cccc(F)c2C)C(=O)NC1=S. The predicted octanol–water partition coefficient (Wildman–Crippen LogP) is 1.95. The van der Waals surface area contributed by atoms with Gasteiger partial charge in [0.05, 0.1) is 0 Å². The van der Waals surface area contributed by atoms with Crippen LogP contribution in [0.15, 0.2) is 36.4 Å². The minimum atomic E-state index is -0.589. The molecule has 0 saturated carbocycles. The normalized spacial score (nSPS) is 17.1. The van der Waals surface area contributed by atoms with E-state index in [9.17, 15) is 14.0 Å². The van der Waals surface area contributed by atoms with Crippen molar-refractivity contribution in [1.82, 2.24) is 10.2 Å². The summed E-state index contributed by atoms with van der Waals surface area (Å²) in [4.78, 5) is 25.5. The second-order valence-corrected chi connectivity index (χ2v) is 4.86. The van der Waals surface area contributed by atoms with Crippen LogP contribution in [0.4, 0.5) is 4.39 Å². The van der Waals surface area contributed by atoms with Gasteiger partial charge in [0.15, 0.2) is 5.11 Å². The van der Waals surface area contributed by atoms with Gasteiger partial charge in [-0.25, -0.2) is 4.39 Å². The maximum absolute atomic E-state index is 13.5. The molecule has 1 fully saturated rings. The van der Waals surface area contributed by atoms with E-state index in [1.807, 2.05) is 0 Å². The van der Waals surface area contributed by atoms with Crippen LogP contribution in [0, 0.1) is 12.7 Å². The molecule has 1 heterocycles. The molecule has 0 spiro atoms. The Labute approximate surface area is 126 Å². The molecule has 0 atom stereocenters. The lowest BCUT2D eigenvalue weighted by atomic mass is 10.0. The number of halogens is 1. The summed E-state index contributed by atoms with van der Waals surface area (Å²) in [6.07, 6.45) is 2.88. The fourth-order valence-electron chi connectivity index (χ4n) is 1.92. The molecule has 1 saturated heterocycles. The first-order chi connectivity index (χ1) is 9.95. The quantitative estimate of drug-likeness (QED) is 0.402. The Bertz CT molecular complexity index is 682. The van der Waals surface area contributed by atoms with Crippen LogP contribution in [0.5, 0.6) is 0 Å². The average Bonchev–Trinajstić information content (AvgIpc) is 2.44. The maximum atomic E-state index is 13.5. The van der Waals surface area contributed by atoms with Gasteiger partial charge in [0.2, 0.25) is 0 Å². The van der Waals surface area contributed by atoms with E-state index in [1.165, 1.54) is 29.2 Å². The smallest absolute Gasteiger partial charge is 0.265 e. The second-order valence-electron chi connectivity index (χ2n) is 4.48. The highest BCUT2D eigenvalue weighted by molar-refractivity contribution is 7.80. The van der Waals surface area contributed by atoms with Gasteiger partial charge >= 0.3 is 0 Å². The van der Waals surface area contributed by atoms with Crippen molar-refractivity contribution in [3.05, 3.63) is 53.4 Å². The summed E-state index contributed by atoms with van der Waals surface area (Å²) in [7, 11) is 0. The average molecular weight is 304 g/mol. The molecule has 1 aromatic rings. The number of carbonyl (C=O) groups excluding carboxylic acids is 2. The van der Waals surface area contributed by atoms with Crippen molar-refractivity contribution in [2.75, 3.05) is 6.54 Å². The zero-order valence-electron chi connectivity index (χ0n) is 11.4. The number of nitrogens with one attached hydrogen (secondary N) is 1. The lowest BCUT2D eigenvalue weighted by molar-refractivity contribution is -0.128.